The van der Waals surface area contributed by atoms with E-state index in [1.165, 1.54) is 22.2 Å². The molecule has 2 atom stereocenters. The number of likely N-dealkylation sites (tertiary alicyclic amines) is 1. The maximum atomic E-state index is 10.5. The molecule has 0 amide bonds. The van der Waals surface area contributed by atoms with E-state index in [4.69, 9.17) is 0 Å². The summed E-state index contributed by atoms with van der Waals surface area (Å²) in [4.78, 5) is 6.76. The van der Waals surface area contributed by atoms with Crippen LogP contribution in [0.4, 0.5) is 0 Å². The molecule has 1 aliphatic rings. The summed E-state index contributed by atoms with van der Waals surface area (Å²) in [5.41, 5.74) is 4.92. The van der Waals surface area contributed by atoms with Crippen molar-refractivity contribution in [2.45, 2.75) is 26.0 Å². The van der Waals surface area contributed by atoms with Crippen LogP contribution in [-0.4, -0.2) is 38.8 Å². The topological polar surface area (TPSA) is 41.3 Å². The van der Waals surface area contributed by atoms with Crippen LogP contribution in [0.25, 0.3) is 10.9 Å². The molecule has 4 heteroatoms. The number of hydrogen-bond acceptors (Lipinski definition) is 3. The number of aromatic nitrogens is 2. The summed E-state index contributed by atoms with van der Waals surface area (Å²) < 4.78 is 2.27. The lowest BCUT2D eigenvalue weighted by atomic mass is 10.00. The Kier molecular flexibility index (Phi) is 4.32. The molecule has 1 fully saturated rings. The highest BCUT2D eigenvalue weighted by atomic mass is 16.3. The molecule has 3 aromatic rings. The third-order valence-electron chi connectivity index (χ3n) is 5.36. The van der Waals surface area contributed by atoms with Crippen LogP contribution in [0.3, 0.4) is 0 Å². The molecule has 4 rings (SSSR count). The Labute approximate surface area is 148 Å². The normalized spacial score (nSPS) is 21.2. The second-order valence-corrected chi connectivity index (χ2v) is 7.30. The van der Waals surface area contributed by atoms with Crippen LogP contribution in [0.1, 0.15) is 17.0 Å². The monoisotopic (exact) mass is 335 g/mol. The molecule has 0 radical (unpaired) electrons. The van der Waals surface area contributed by atoms with Crippen molar-refractivity contribution in [2.75, 3.05) is 13.1 Å². The van der Waals surface area contributed by atoms with E-state index < -0.39 is 0 Å². The summed E-state index contributed by atoms with van der Waals surface area (Å²) in [5, 5.41) is 11.8. The summed E-state index contributed by atoms with van der Waals surface area (Å²) in [6.07, 6.45) is 2.39. The Morgan fingerprint density at radius 2 is 2.04 bits per heavy atom. The molecule has 0 saturated carbocycles. The molecule has 3 heterocycles. The van der Waals surface area contributed by atoms with Gasteiger partial charge in [-0.3, -0.25) is 9.88 Å². The first-order valence-corrected chi connectivity index (χ1v) is 8.95. The molecule has 1 aromatic carbocycles. The molecule has 1 saturated heterocycles. The van der Waals surface area contributed by atoms with Crippen molar-refractivity contribution < 1.29 is 5.11 Å². The third kappa shape index (κ3) is 3.32. The molecular weight excluding hydrogens is 310 g/mol. The number of aliphatic hydroxyl groups is 1. The van der Waals surface area contributed by atoms with Gasteiger partial charge in [0.1, 0.15) is 0 Å². The molecule has 0 spiro atoms. The fourth-order valence-electron chi connectivity index (χ4n) is 3.97. The summed E-state index contributed by atoms with van der Waals surface area (Å²) in [7, 11) is 2.13. The quantitative estimate of drug-likeness (QED) is 0.797. The minimum Gasteiger partial charge on any atom is -0.391 e. The SMILES string of the molecule is Cc1ccc2c(c1)cc(CN1C[C@@H](Cc3ccccn3)[C@H](O)C1)n2C. The van der Waals surface area contributed by atoms with Gasteiger partial charge in [0.25, 0.3) is 0 Å². The largest absolute Gasteiger partial charge is 0.391 e. The smallest absolute Gasteiger partial charge is 0.0711 e. The number of rotatable bonds is 4. The number of hydrogen-bond donors (Lipinski definition) is 1. The molecular formula is C21H25N3O. The first-order chi connectivity index (χ1) is 12.1. The number of nitrogens with zero attached hydrogens (tertiary/aromatic N) is 3. The van der Waals surface area contributed by atoms with Gasteiger partial charge in [0, 0.05) is 61.1 Å². The van der Waals surface area contributed by atoms with Crippen LogP contribution >= 0.6 is 0 Å². The number of fused-ring (bicyclic) bond motifs is 1. The van der Waals surface area contributed by atoms with Gasteiger partial charge in [-0.1, -0.05) is 17.7 Å². The molecule has 130 valence electrons. The Balaban J connectivity index is 1.48. The lowest BCUT2D eigenvalue weighted by Crippen LogP contribution is -2.22. The van der Waals surface area contributed by atoms with E-state index in [-0.39, 0.29) is 12.0 Å². The van der Waals surface area contributed by atoms with Gasteiger partial charge in [0.15, 0.2) is 0 Å². The second kappa shape index (κ2) is 6.62. The molecule has 4 nitrogen and oxygen atoms in total. The van der Waals surface area contributed by atoms with Crippen molar-refractivity contribution in [3.05, 3.63) is 65.6 Å². The van der Waals surface area contributed by atoms with Crippen molar-refractivity contribution in [1.29, 1.82) is 0 Å². The lowest BCUT2D eigenvalue weighted by Gasteiger charge is -2.16. The highest BCUT2D eigenvalue weighted by Gasteiger charge is 2.31. The number of benzene rings is 1. The molecule has 2 aromatic heterocycles. The summed E-state index contributed by atoms with van der Waals surface area (Å²) in [5.74, 6) is 0.256. The van der Waals surface area contributed by atoms with Crippen molar-refractivity contribution in [1.82, 2.24) is 14.5 Å². The maximum Gasteiger partial charge on any atom is 0.0711 e. The summed E-state index contributed by atoms with van der Waals surface area (Å²) in [6.45, 7) is 4.65. The zero-order chi connectivity index (χ0) is 17.4. The molecule has 1 N–H and O–H groups in total. The number of pyridine rings is 1. The molecule has 25 heavy (non-hydrogen) atoms. The van der Waals surface area contributed by atoms with Crippen LogP contribution in [0.2, 0.25) is 0 Å². The van der Waals surface area contributed by atoms with Crippen molar-refractivity contribution in [2.24, 2.45) is 13.0 Å². The van der Waals surface area contributed by atoms with Gasteiger partial charge >= 0.3 is 0 Å². The molecule has 0 bridgehead atoms. The number of aliphatic hydroxyl groups excluding tert-OH is 1. The maximum absolute atomic E-state index is 10.5. The van der Waals surface area contributed by atoms with Gasteiger partial charge in [-0.25, -0.2) is 0 Å². The van der Waals surface area contributed by atoms with Crippen LogP contribution in [0, 0.1) is 12.8 Å². The molecule has 0 aliphatic carbocycles. The predicted molar refractivity (Wildman–Crippen MR) is 100 cm³/mol. The van der Waals surface area contributed by atoms with E-state index in [1.807, 2.05) is 24.4 Å². The Bertz CT molecular complexity index is 871. The first kappa shape index (κ1) is 16.3. The average molecular weight is 335 g/mol. The van der Waals surface area contributed by atoms with Gasteiger partial charge in [-0.2, -0.15) is 0 Å². The van der Waals surface area contributed by atoms with Crippen molar-refractivity contribution >= 4 is 10.9 Å². The lowest BCUT2D eigenvalue weighted by molar-refractivity contribution is 0.140. The van der Waals surface area contributed by atoms with E-state index >= 15 is 0 Å². The van der Waals surface area contributed by atoms with Gasteiger partial charge < -0.3 is 9.67 Å². The Hall–Kier alpha value is -2.17. The summed E-state index contributed by atoms with van der Waals surface area (Å²) in [6, 6.07) is 14.9. The summed E-state index contributed by atoms with van der Waals surface area (Å²) >= 11 is 0. The fraction of sp³-hybridized carbons (Fsp3) is 0.381. The number of β-amino-alcohol motifs (C(OH)–C–C–N with tert-alkyl or cyclic N) is 1. The second-order valence-electron chi connectivity index (χ2n) is 7.30. The van der Waals surface area contributed by atoms with Gasteiger partial charge in [-0.15, -0.1) is 0 Å². The van der Waals surface area contributed by atoms with Gasteiger partial charge in [0.05, 0.1) is 6.10 Å². The highest BCUT2D eigenvalue weighted by Crippen LogP contribution is 2.25. The van der Waals surface area contributed by atoms with E-state index in [0.717, 1.165) is 31.7 Å². The minimum atomic E-state index is -0.279. The zero-order valence-electron chi connectivity index (χ0n) is 14.9. The van der Waals surface area contributed by atoms with Crippen LogP contribution in [0.5, 0.6) is 0 Å². The Morgan fingerprint density at radius 1 is 1.16 bits per heavy atom. The number of aryl methyl sites for hydroxylation is 2. The van der Waals surface area contributed by atoms with Gasteiger partial charge in [0.2, 0.25) is 0 Å². The van der Waals surface area contributed by atoms with E-state index in [9.17, 15) is 5.11 Å². The van der Waals surface area contributed by atoms with Crippen LogP contribution in [0.15, 0.2) is 48.7 Å². The third-order valence-corrected chi connectivity index (χ3v) is 5.36. The van der Waals surface area contributed by atoms with E-state index in [0.29, 0.717) is 0 Å². The van der Waals surface area contributed by atoms with E-state index in [2.05, 4.69) is 52.7 Å². The fourth-order valence-corrected chi connectivity index (χ4v) is 3.97. The molecule has 0 unspecified atom stereocenters. The van der Waals surface area contributed by atoms with Crippen LogP contribution < -0.4 is 0 Å². The first-order valence-electron chi connectivity index (χ1n) is 8.95. The van der Waals surface area contributed by atoms with Crippen molar-refractivity contribution in [3.8, 4) is 0 Å². The Morgan fingerprint density at radius 3 is 2.84 bits per heavy atom. The standard InChI is InChI=1S/C21H25N3O/c1-15-6-7-20-16(9-15)11-19(23(20)2)13-24-12-17(21(25)14-24)10-18-5-3-4-8-22-18/h3-9,11,17,21,25H,10,12-14H2,1-2H3/t17-,21-/m1/s1. The van der Waals surface area contributed by atoms with E-state index in [1.54, 1.807) is 0 Å². The van der Waals surface area contributed by atoms with Crippen molar-refractivity contribution in [3.63, 3.8) is 0 Å². The van der Waals surface area contributed by atoms with Crippen LogP contribution in [-0.2, 0) is 20.0 Å². The predicted octanol–water partition coefficient (Wildman–Crippen LogP) is 2.92. The molecule has 1 aliphatic heterocycles. The highest BCUT2D eigenvalue weighted by molar-refractivity contribution is 5.82. The average Bonchev–Trinajstić information content (AvgIpc) is 3.09. The zero-order valence-corrected chi connectivity index (χ0v) is 14.9. The van der Waals surface area contributed by atoms with Gasteiger partial charge in [-0.05, 0) is 43.7 Å². The minimum absolute atomic E-state index is 0.256.